The molecular formula is C13H10BrClFNO2S. The average Bonchev–Trinajstić information content (AvgIpc) is 2.35. The maximum absolute atomic E-state index is 13.0. The van der Waals surface area contributed by atoms with E-state index < -0.39 is 15.8 Å². The van der Waals surface area contributed by atoms with Crippen LogP contribution in [-0.4, -0.2) is 8.42 Å². The second-order valence-electron chi connectivity index (χ2n) is 4.14. The topological polar surface area (TPSA) is 46.2 Å². The first kappa shape index (κ1) is 15.3. The molecule has 0 aliphatic heterocycles. The Labute approximate surface area is 130 Å². The first-order valence-corrected chi connectivity index (χ1v) is 8.19. The summed E-state index contributed by atoms with van der Waals surface area (Å²) in [6, 6.07) is 8.40. The van der Waals surface area contributed by atoms with Gasteiger partial charge in [0, 0.05) is 4.47 Å². The highest BCUT2D eigenvalue weighted by molar-refractivity contribution is 9.10. The maximum atomic E-state index is 13.0. The SMILES string of the molecule is Cc1ccc(Br)cc1S(=O)(=O)Nc1ccc(F)cc1Cl. The van der Waals surface area contributed by atoms with Crippen LogP contribution in [0.5, 0.6) is 0 Å². The Bertz CT molecular complexity index is 765. The molecule has 0 radical (unpaired) electrons. The fraction of sp³-hybridized carbons (Fsp3) is 0.0769. The predicted octanol–water partition coefficient (Wildman–Crippen LogP) is 4.35. The largest absolute Gasteiger partial charge is 0.278 e. The Balaban J connectivity index is 2.43. The van der Waals surface area contributed by atoms with Crippen molar-refractivity contribution in [1.82, 2.24) is 0 Å². The van der Waals surface area contributed by atoms with Crippen molar-refractivity contribution in [1.29, 1.82) is 0 Å². The van der Waals surface area contributed by atoms with Crippen LogP contribution in [0.4, 0.5) is 10.1 Å². The van der Waals surface area contributed by atoms with Crippen molar-refractivity contribution in [2.24, 2.45) is 0 Å². The molecule has 0 unspecified atom stereocenters. The van der Waals surface area contributed by atoms with Crippen LogP contribution in [0.15, 0.2) is 45.8 Å². The van der Waals surface area contributed by atoms with E-state index >= 15 is 0 Å². The van der Waals surface area contributed by atoms with Crippen molar-refractivity contribution in [2.45, 2.75) is 11.8 Å². The highest BCUT2D eigenvalue weighted by atomic mass is 79.9. The smallest absolute Gasteiger partial charge is 0.262 e. The van der Waals surface area contributed by atoms with Crippen molar-refractivity contribution >= 4 is 43.2 Å². The van der Waals surface area contributed by atoms with Gasteiger partial charge in [0.25, 0.3) is 10.0 Å². The maximum Gasteiger partial charge on any atom is 0.262 e. The van der Waals surface area contributed by atoms with Gasteiger partial charge in [0.05, 0.1) is 15.6 Å². The number of halogens is 3. The van der Waals surface area contributed by atoms with Gasteiger partial charge in [0.1, 0.15) is 5.82 Å². The monoisotopic (exact) mass is 377 g/mol. The van der Waals surface area contributed by atoms with E-state index in [1.807, 2.05) is 0 Å². The fourth-order valence-corrected chi connectivity index (χ4v) is 3.77. The lowest BCUT2D eigenvalue weighted by atomic mass is 10.2. The van der Waals surface area contributed by atoms with Crippen LogP contribution in [0.25, 0.3) is 0 Å². The van der Waals surface area contributed by atoms with Crippen molar-refractivity contribution < 1.29 is 12.8 Å². The summed E-state index contributed by atoms with van der Waals surface area (Å²) < 4.78 is 40.6. The highest BCUT2D eigenvalue weighted by Crippen LogP contribution is 2.27. The van der Waals surface area contributed by atoms with E-state index in [0.717, 1.165) is 12.1 Å². The van der Waals surface area contributed by atoms with Crippen molar-refractivity contribution in [3.8, 4) is 0 Å². The molecule has 106 valence electrons. The van der Waals surface area contributed by atoms with Gasteiger partial charge in [-0.15, -0.1) is 0 Å². The van der Waals surface area contributed by atoms with Gasteiger partial charge < -0.3 is 0 Å². The normalized spacial score (nSPS) is 11.4. The number of sulfonamides is 1. The van der Waals surface area contributed by atoms with Crippen LogP contribution in [0.2, 0.25) is 5.02 Å². The fourth-order valence-electron chi connectivity index (χ4n) is 1.64. The summed E-state index contributed by atoms with van der Waals surface area (Å²) in [4.78, 5) is 0.132. The summed E-state index contributed by atoms with van der Waals surface area (Å²) in [6.07, 6.45) is 0. The summed E-state index contributed by atoms with van der Waals surface area (Å²) in [5.41, 5.74) is 0.728. The third kappa shape index (κ3) is 3.31. The van der Waals surface area contributed by atoms with Gasteiger partial charge in [0.15, 0.2) is 0 Å². The molecule has 0 aliphatic rings. The van der Waals surface area contributed by atoms with Gasteiger partial charge in [0.2, 0.25) is 0 Å². The first-order valence-electron chi connectivity index (χ1n) is 5.53. The minimum absolute atomic E-state index is 0.00113. The molecule has 2 rings (SSSR count). The molecule has 20 heavy (non-hydrogen) atoms. The molecule has 0 fully saturated rings. The van der Waals surface area contributed by atoms with Crippen LogP contribution >= 0.6 is 27.5 Å². The lowest BCUT2D eigenvalue weighted by Gasteiger charge is -2.12. The van der Waals surface area contributed by atoms with E-state index in [0.29, 0.717) is 10.0 Å². The number of aryl methyl sites for hydroxylation is 1. The van der Waals surface area contributed by atoms with E-state index in [-0.39, 0.29) is 15.6 Å². The summed E-state index contributed by atoms with van der Waals surface area (Å²) in [6.45, 7) is 1.69. The minimum atomic E-state index is -3.79. The number of nitrogens with one attached hydrogen (secondary N) is 1. The number of anilines is 1. The third-order valence-corrected chi connectivity index (χ3v) is 4.93. The summed E-state index contributed by atoms with van der Waals surface area (Å²) in [5.74, 6) is -0.531. The zero-order valence-corrected chi connectivity index (χ0v) is 13.5. The summed E-state index contributed by atoms with van der Waals surface area (Å²) in [7, 11) is -3.79. The number of benzene rings is 2. The van der Waals surface area contributed by atoms with Gasteiger partial charge in [-0.1, -0.05) is 33.6 Å². The van der Waals surface area contributed by atoms with Gasteiger partial charge in [-0.05, 0) is 42.8 Å². The van der Waals surface area contributed by atoms with E-state index in [9.17, 15) is 12.8 Å². The van der Waals surface area contributed by atoms with Crippen LogP contribution < -0.4 is 4.72 Å². The van der Waals surface area contributed by atoms with Crippen molar-refractivity contribution in [3.63, 3.8) is 0 Å². The molecule has 7 heteroatoms. The molecule has 0 aliphatic carbocycles. The highest BCUT2D eigenvalue weighted by Gasteiger charge is 2.18. The Morgan fingerprint density at radius 3 is 2.55 bits per heavy atom. The van der Waals surface area contributed by atoms with Crippen LogP contribution in [0, 0.1) is 12.7 Å². The molecule has 0 spiro atoms. The molecule has 0 heterocycles. The lowest BCUT2D eigenvalue weighted by molar-refractivity contribution is 0.600. The standard InChI is InChI=1S/C13H10BrClFNO2S/c1-8-2-3-9(14)6-13(8)20(18,19)17-12-5-4-10(16)7-11(12)15/h2-7,17H,1H3. The molecule has 0 atom stereocenters. The van der Waals surface area contributed by atoms with Crippen molar-refractivity contribution in [2.75, 3.05) is 4.72 Å². The van der Waals surface area contributed by atoms with Crippen LogP contribution in [0.1, 0.15) is 5.56 Å². The first-order chi connectivity index (χ1) is 9.29. The van der Waals surface area contributed by atoms with Gasteiger partial charge in [-0.2, -0.15) is 0 Å². The molecule has 2 aromatic carbocycles. The molecule has 2 aromatic rings. The quantitative estimate of drug-likeness (QED) is 0.863. The average molecular weight is 379 g/mol. The molecule has 1 N–H and O–H groups in total. The Kier molecular flexibility index (Phi) is 4.36. The second kappa shape index (κ2) is 5.71. The van der Waals surface area contributed by atoms with E-state index in [1.54, 1.807) is 19.1 Å². The van der Waals surface area contributed by atoms with Gasteiger partial charge in [-0.25, -0.2) is 12.8 Å². The zero-order chi connectivity index (χ0) is 14.9. The van der Waals surface area contributed by atoms with Crippen molar-refractivity contribution in [3.05, 3.63) is 57.3 Å². The molecule has 0 bridgehead atoms. The molecule has 3 nitrogen and oxygen atoms in total. The third-order valence-electron chi connectivity index (χ3n) is 2.62. The van der Waals surface area contributed by atoms with Gasteiger partial charge in [-0.3, -0.25) is 4.72 Å². The number of hydrogen-bond donors (Lipinski definition) is 1. The Hall–Kier alpha value is -1.11. The van der Waals surface area contributed by atoms with E-state index in [2.05, 4.69) is 20.7 Å². The Morgan fingerprint density at radius 2 is 1.90 bits per heavy atom. The zero-order valence-electron chi connectivity index (χ0n) is 10.3. The summed E-state index contributed by atoms with van der Waals surface area (Å²) in [5, 5.41) is 0.00113. The molecule has 0 saturated carbocycles. The molecule has 0 aromatic heterocycles. The predicted molar refractivity (Wildman–Crippen MR) is 81.1 cm³/mol. The summed E-state index contributed by atoms with van der Waals surface area (Å²) >= 11 is 9.05. The lowest BCUT2D eigenvalue weighted by Crippen LogP contribution is -2.14. The molecule has 0 amide bonds. The number of hydrogen-bond acceptors (Lipinski definition) is 2. The minimum Gasteiger partial charge on any atom is -0.278 e. The van der Waals surface area contributed by atoms with E-state index in [4.69, 9.17) is 11.6 Å². The van der Waals surface area contributed by atoms with Crippen LogP contribution in [-0.2, 0) is 10.0 Å². The van der Waals surface area contributed by atoms with Crippen LogP contribution in [0.3, 0.4) is 0 Å². The Morgan fingerprint density at radius 1 is 1.20 bits per heavy atom. The number of rotatable bonds is 3. The van der Waals surface area contributed by atoms with Gasteiger partial charge >= 0.3 is 0 Å². The molecule has 0 saturated heterocycles. The second-order valence-corrected chi connectivity index (χ2v) is 7.11. The van der Waals surface area contributed by atoms with E-state index in [1.165, 1.54) is 12.1 Å². The molecular weight excluding hydrogens is 369 g/mol.